The van der Waals surface area contributed by atoms with Gasteiger partial charge in [-0.25, -0.2) is 18.0 Å². The van der Waals surface area contributed by atoms with E-state index < -0.39 is 27.8 Å². The van der Waals surface area contributed by atoms with E-state index in [1.165, 1.54) is 0 Å². The number of hydrogen-bond donors (Lipinski definition) is 2. The van der Waals surface area contributed by atoms with Crippen molar-refractivity contribution in [3.63, 3.8) is 0 Å². The second kappa shape index (κ2) is 6.30. The third-order valence-electron chi connectivity index (χ3n) is 1.83. The van der Waals surface area contributed by atoms with Crippen molar-refractivity contribution in [3.8, 4) is 0 Å². The Labute approximate surface area is 124 Å². The van der Waals surface area contributed by atoms with E-state index in [4.69, 9.17) is 10.2 Å². The maximum Gasteiger partial charge on any atom is 1.00 e. The van der Waals surface area contributed by atoms with Crippen LogP contribution in [-0.4, -0.2) is 35.1 Å². The Bertz CT molecular complexity index is 546. The standard InChI is InChI=1S/C9H8O7S.Na/c10-8(11)6-1-5(4-17(14,15)16)2-7(3-6)9(12)13;/h1-3H,4H2,(H,10,11)(H,12,13)(H,14,15,16);/q;+1/p-1. The first-order valence-electron chi connectivity index (χ1n) is 4.23. The first-order valence-corrected chi connectivity index (χ1v) is 5.81. The van der Waals surface area contributed by atoms with Crippen LogP contribution >= 0.6 is 0 Å². The van der Waals surface area contributed by atoms with E-state index in [-0.39, 0.29) is 46.2 Å². The van der Waals surface area contributed by atoms with Gasteiger partial charge in [-0.1, -0.05) is 0 Å². The van der Waals surface area contributed by atoms with Crippen molar-refractivity contribution in [2.45, 2.75) is 5.75 Å². The van der Waals surface area contributed by atoms with Crippen LogP contribution in [0.25, 0.3) is 0 Å². The minimum absolute atomic E-state index is 0. The molecule has 1 rings (SSSR count). The topological polar surface area (TPSA) is 132 Å². The molecule has 0 atom stereocenters. The maximum atomic E-state index is 10.7. The second-order valence-electron chi connectivity index (χ2n) is 3.23. The van der Waals surface area contributed by atoms with E-state index >= 15 is 0 Å². The predicted octanol–water partition coefficient (Wildman–Crippen LogP) is -2.87. The second-order valence-corrected chi connectivity index (χ2v) is 4.63. The zero-order valence-electron chi connectivity index (χ0n) is 9.28. The molecule has 0 fully saturated rings. The predicted molar refractivity (Wildman–Crippen MR) is 53.8 cm³/mol. The smallest absolute Gasteiger partial charge is 0.748 e. The summed E-state index contributed by atoms with van der Waals surface area (Å²) in [5, 5.41) is 17.4. The minimum atomic E-state index is -4.60. The van der Waals surface area contributed by atoms with E-state index in [0.717, 1.165) is 18.2 Å². The summed E-state index contributed by atoms with van der Waals surface area (Å²) in [4.78, 5) is 21.3. The van der Waals surface area contributed by atoms with Crippen molar-refractivity contribution < 1.29 is 62.3 Å². The number of aromatic carboxylic acids is 2. The van der Waals surface area contributed by atoms with Gasteiger partial charge in [0, 0.05) is 0 Å². The quantitative estimate of drug-likeness (QED) is 0.448. The first-order chi connectivity index (χ1) is 7.69. The summed E-state index contributed by atoms with van der Waals surface area (Å²) in [7, 11) is -4.60. The van der Waals surface area contributed by atoms with Crippen LogP contribution in [0.2, 0.25) is 0 Å². The van der Waals surface area contributed by atoms with Gasteiger partial charge < -0.3 is 14.8 Å². The molecule has 0 saturated heterocycles. The molecule has 0 spiro atoms. The summed E-state index contributed by atoms with van der Waals surface area (Å²) < 4.78 is 31.5. The van der Waals surface area contributed by atoms with Gasteiger partial charge in [-0.3, -0.25) is 0 Å². The van der Waals surface area contributed by atoms with Gasteiger partial charge in [0.2, 0.25) is 0 Å². The number of benzene rings is 1. The molecule has 0 saturated carbocycles. The van der Waals surface area contributed by atoms with Crippen LogP contribution < -0.4 is 29.6 Å². The molecule has 0 heterocycles. The molecule has 92 valence electrons. The molecule has 1 aromatic carbocycles. The van der Waals surface area contributed by atoms with Crippen LogP contribution in [0, 0.1) is 0 Å². The summed E-state index contributed by atoms with van der Waals surface area (Å²) in [6, 6.07) is 2.78. The zero-order valence-corrected chi connectivity index (χ0v) is 12.1. The van der Waals surface area contributed by atoms with Crippen LogP contribution in [0.4, 0.5) is 0 Å². The molecular formula is C9H7NaO7S. The van der Waals surface area contributed by atoms with Crippen molar-refractivity contribution in [3.05, 3.63) is 34.9 Å². The summed E-state index contributed by atoms with van der Waals surface area (Å²) in [5.74, 6) is -3.76. The first kappa shape index (κ1) is 17.1. The van der Waals surface area contributed by atoms with Gasteiger partial charge in [-0.2, -0.15) is 0 Å². The zero-order chi connectivity index (χ0) is 13.2. The molecule has 0 aliphatic rings. The van der Waals surface area contributed by atoms with Crippen molar-refractivity contribution in [2.24, 2.45) is 0 Å². The van der Waals surface area contributed by atoms with Crippen LogP contribution in [0.5, 0.6) is 0 Å². The van der Waals surface area contributed by atoms with Crippen LogP contribution in [-0.2, 0) is 15.9 Å². The molecule has 0 aliphatic heterocycles. The van der Waals surface area contributed by atoms with Crippen molar-refractivity contribution >= 4 is 22.1 Å². The Kier molecular flexibility index (Phi) is 5.97. The summed E-state index contributed by atoms with van der Waals surface area (Å²) in [5.41, 5.74) is -0.940. The van der Waals surface area contributed by atoms with Crippen LogP contribution in [0.1, 0.15) is 26.3 Å². The molecule has 0 amide bonds. The summed E-state index contributed by atoms with van der Waals surface area (Å²) >= 11 is 0. The molecule has 9 heteroatoms. The molecular weight excluding hydrogens is 275 g/mol. The van der Waals surface area contributed by atoms with Gasteiger partial charge in [0.25, 0.3) is 0 Å². The Morgan fingerprint density at radius 3 is 1.72 bits per heavy atom. The number of hydrogen-bond acceptors (Lipinski definition) is 5. The Morgan fingerprint density at radius 2 is 1.44 bits per heavy atom. The van der Waals surface area contributed by atoms with Gasteiger partial charge >= 0.3 is 41.5 Å². The van der Waals surface area contributed by atoms with E-state index in [1.807, 2.05) is 0 Å². The molecule has 2 N–H and O–H groups in total. The number of carboxylic acids is 2. The molecule has 7 nitrogen and oxygen atoms in total. The van der Waals surface area contributed by atoms with Crippen molar-refractivity contribution in [2.75, 3.05) is 0 Å². The number of carboxylic acid groups (broad SMARTS) is 2. The van der Waals surface area contributed by atoms with Gasteiger partial charge in [-0.05, 0) is 23.8 Å². The Morgan fingerprint density at radius 1 is 1.06 bits per heavy atom. The molecule has 0 bridgehead atoms. The van der Waals surface area contributed by atoms with E-state index in [1.54, 1.807) is 0 Å². The van der Waals surface area contributed by atoms with Crippen molar-refractivity contribution in [1.82, 2.24) is 0 Å². The average Bonchev–Trinajstić information content (AvgIpc) is 2.14. The monoisotopic (exact) mass is 282 g/mol. The number of carbonyl (C=O) groups is 2. The van der Waals surface area contributed by atoms with E-state index in [0.29, 0.717) is 0 Å². The van der Waals surface area contributed by atoms with Crippen molar-refractivity contribution in [1.29, 1.82) is 0 Å². The fraction of sp³-hybridized carbons (Fsp3) is 0.111. The van der Waals surface area contributed by atoms with E-state index in [2.05, 4.69) is 0 Å². The molecule has 1 aromatic rings. The fourth-order valence-electron chi connectivity index (χ4n) is 1.23. The van der Waals surface area contributed by atoms with Crippen LogP contribution in [0.3, 0.4) is 0 Å². The van der Waals surface area contributed by atoms with E-state index in [9.17, 15) is 22.6 Å². The Hall–Kier alpha value is -0.930. The van der Waals surface area contributed by atoms with Gasteiger partial charge in [0.1, 0.15) is 0 Å². The molecule has 18 heavy (non-hydrogen) atoms. The molecule has 0 aromatic heterocycles. The van der Waals surface area contributed by atoms with Gasteiger partial charge in [0.15, 0.2) is 0 Å². The average molecular weight is 282 g/mol. The SMILES string of the molecule is O=C(O)c1cc(CS(=O)(=O)[O-])cc(C(=O)O)c1.[Na+]. The molecule has 0 radical (unpaired) electrons. The van der Waals surface area contributed by atoms with Crippen LogP contribution in [0.15, 0.2) is 18.2 Å². The largest absolute Gasteiger partial charge is 1.00 e. The molecule has 0 unspecified atom stereocenters. The maximum absolute atomic E-state index is 10.7. The Balaban J connectivity index is 0.00000289. The summed E-state index contributed by atoms with van der Waals surface area (Å²) in [6.45, 7) is 0. The third-order valence-corrected chi connectivity index (χ3v) is 2.52. The molecule has 0 aliphatic carbocycles. The fourth-order valence-corrected chi connectivity index (χ4v) is 1.80. The van der Waals surface area contributed by atoms with Gasteiger partial charge in [0.05, 0.1) is 27.0 Å². The normalized spacial score (nSPS) is 10.5. The number of rotatable bonds is 4. The third kappa shape index (κ3) is 5.15. The van der Waals surface area contributed by atoms with Gasteiger partial charge in [-0.15, -0.1) is 0 Å². The summed E-state index contributed by atoms with van der Waals surface area (Å²) in [6.07, 6.45) is 0. The minimum Gasteiger partial charge on any atom is -0.748 e.